The molecule has 0 aliphatic rings. The molecule has 0 N–H and O–H groups in total. The molecule has 24 heavy (non-hydrogen) atoms. The van der Waals surface area contributed by atoms with Gasteiger partial charge in [0.1, 0.15) is 0 Å². The molecule has 0 amide bonds. The number of esters is 1. The molecule has 2 heterocycles. The van der Waals surface area contributed by atoms with Crippen LogP contribution >= 0.6 is 0 Å². The minimum atomic E-state index is -0.572. The summed E-state index contributed by atoms with van der Waals surface area (Å²) in [4.78, 5) is 12.2. The minimum Gasteiger partial charge on any atom is -0.424 e. The Balaban J connectivity index is 2.09. The summed E-state index contributed by atoms with van der Waals surface area (Å²) in [7, 11) is 0. The van der Waals surface area contributed by atoms with E-state index in [1.165, 1.54) is 0 Å². The first-order chi connectivity index (χ1) is 11.4. The molecule has 0 aliphatic heterocycles. The predicted molar refractivity (Wildman–Crippen MR) is 92.6 cm³/mol. The fraction of sp³-hybridized carbons (Fsp3) is 0.200. The first-order valence-corrected chi connectivity index (χ1v) is 7.73. The van der Waals surface area contributed by atoms with Crippen LogP contribution in [0, 0.1) is 16.7 Å². The Labute approximate surface area is 140 Å². The van der Waals surface area contributed by atoms with Gasteiger partial charge in [-0.15, -0.1) is 0 Å². The smallest absolute Gasteiger partial charge is 0.316 e. The molecule has 0 bridgehead atoms. The van der Waals surface area contributed by atoms with Crippen molar-refractivity contribution in [1.82, 2.24) is 4.40 Å². The standard InChI is InChI=1S/C20H18N2O2/c1-20(2,3)19(23)24-18-12-17(22-11-5-4-6-16(18)22)15-9-7-14(13-21)8-10-15/h4-12H,1-3H3. The fourth-order valence-electron chi connectivity index (χ4n) is 2.39. The molecule has 0 saturated carbocycles. The molecule has 4 nitrogen and oxygen atoms in total. The van der Waals surface area contributed by atoms with Gasteiger partial charge in [-0.2, -0.15) is 5.26 Å². The number of benzene rings is 1. The Hall–Kier alpha value is -3.06. The third-order valence-corrected chi connectivity index (χ3v) is 3.76. The monoisotopic (exact) mass is 318 g/mol. The Morgan fingerprint density at radius 2 is 1.83 bits per heavy atom. The van der Waals surface area contributed by atoms with Gasteiger partial charge in [0, 0.05) is 12.3 Å². The van der Waals surface area contributed by atoms with Crippen molar-refractivity contribution in [2.75, 3.05) is 0 Å². The lowest BCUT2D eigenvalue weighted by Gasteiger charge is -2.15. The Morgan fingerprint density at radius 3 is 2.46 bits per heavy atom. The number of carbonyl (C=O) groups excluding carboxylic acids is 1. The summed E-state index contributed by atoms with van der Waals surface area (Å²) in [6.07, 6.45) is 1.93. The van der Waals surface area contributed by atoms with E-state index < -0.39 is 5.41 Å². The van der Waals surface area contributed by atoms with Crippen molar-refractivity contribution in [3.8, 4) is 23.1 Å². The van der Waals surface area contributed by atoms with E-state index in [1.807, 2.05) is 67.8 Å². The predicted octanol–water partition coefficient (Wildman–Crippen LogP) is 4.43. The Kier molecular flexibility index (Phi) is 3.86. The van der Waals surface area contributed by atoms with Crippen LogP contribution < -0.4 is 4.74 Å². The maximum absolute atomic E-state index is 12.2. The van der Waals surface area contributed by atoms with E-state index in [-0.39, 0.29) is 5.97 Å². The van der Waals surface area contributed by atoms with Crippen LogP contribution in [0.3, 0.4) is 0 Å². The van der Waals surface area contributed by atoms with Crippen molar-refractivity contribution in [1.29, 1.82) is 5.26 Å². The highest BCUT2D eigenvalue weighted by atomic mass is 16.5. The summed E-state index contributed by atoms with van der Waals surface area (Å²) < 4.78 is 7.61. The van der Waals surface area contributed by atoms with Gasteiger partial charge in [-0.3, -0.25) is 4.79 Å². The molecule has 0 spiro atoms. The molecule has 1 aromatic carbocycles. The van der Waals surface area contributed by atoms with Gasteiger partial charge in [0.25, 0.3) is 0 Å². The van der Waals surface area contributed by atoms with Crippen molar-refractivity contribution < 1.29 is 9.53 Å². The van der Waals surface area contributed by atoms with Crippen LogP contribution in [-0.4, -0.2) is 10.4 Å². The third kappa shape index (κ3) is 2.89. The lowest BCUT2D eigenvalue weighted by atomic mass is 9.97. The number of hydrogen-bond donors (Lipinski definition) is 0. The van der Waals surface area contributed by atoms with Crippen LogP contribution in [0.2, 0.25) is 0 Å². The molecule has 2 aromatic heterocycles. The fourth-order valence-corrected chi connectivity index (χ4v) is 2.39. The van der Waals surface area contributed by atoms with Crippen LogP contribution in [-0.2, 0) is 4.79 Å². The second kappa shape index (κ2) is 5.86. The highest BCUT2D eigenvalue weighted by Crippen LogP contribution is 2.32. The van der Waals surface area contributed by atoms with Crippen molar-refractivity contribution in [2.24, 2.45) is 5.41 Å². The van der Waals surface area contributed by atoms with Crippen LogP contribution in [0.5, 0.6) is 5.75 Å². The van der Waals surface area contributed by atoms with Crippen molar-refractivity contribution >= 4 is 11.5 Å². The molecule has 0 saturated heterocycles. The first kappa shape index (κ1) is 15.8. The zero-order valence-corrected chi connectivity index (χ0v) is 13.9. The van der Waals surface area contributed by atoms with Gasteiger partial charge in [-0.1, -0.05) is 18.2 Å². The molecule has 0 unspecified atom stereocenters. The number of carbonyl (C=O) groups is 1. The molecule has 0 atom stereocenters. The molecular formula is C20H18N2O2. The number of rotatable bonds is 2. The number of nitrogens with zero attached hydrogens (tertiary/aromatic N) is 2. The third-order valence-electron chi connectivity index (χ3n) is 3.76. The average Bonchev–Trinajstić information content (AvgIpc) is 2.93. The van der Waals surface area contributed by atoms with E-state index in [0.717, 1.165) is 16.8 Å². The zero-order chi connectivity index (χ0) is 17.3. The summed E-state index contributed by atoms with van der Waals surface area (Å²) in [6.45, 7) is 5.49. The second-order valence-corrected chi connectivity index (χ2v) is 6.68. The summed E-state index contributed by atoms with van der Waals surface area (Å²) in [5, 5.41) is 8.94. The summed E-state index contributed by atoms with van der Waals surface area (Å²) in [5.74, 6) is 0.264. The van der Waals surface area contributed by atoms with Crippen molar-refractivity contribution in [2.45, 2.75) is 20.8 Å². The van der Waals surface area contributed by atoms with E-state index >= 15 is 0 Å². The molecular weight excluding hydrogens is 300 g/mol. The van der Waals surface area contributed by atoms with Crippen LogP contribution in [0.1, 0.15) is 26.3 Å². The van der Waals surface area contributed by atoms with E-state index in [9.17, 15) is 4.79 Å². The van der Waals surface area contributed by atoms with Gasteiger partial charge in [-0.25, -0.2) is 0 Å². The minimum absolute atomic E-state index is 0.273. The summed E-state index contributed by atoms with van der Waals surface area (Å²) in [6, 6.07) is 17.1. The quantitative estimate of drug-likeness (QED) is 0.657. The number of fused-ring (bicyclic) bond motifs is 1. The van der Waals surface area contributed by atoms with Gasteiger partial charge in [0.05, 0.1) is 28.3 Å². The SMILES string of the molecule is CC(C)(C)C(=O)Oc1cc(-c2ccc(C#N)cc2)n2ccccc12. The zero-order valence-electron chi connectivity index (χ0n) is 13.9. The van der Waals surface area contributed by atoms with Gasteiger partial charge < -0.3 is 9.14 Å². The van der Waals surface area contributed by atoms with E-state index in [0.29, 0.717) is 11.3 Å². The number of hydrogen-bond acceptors (Lipinski definition) is 3. The van der Waals surface area contributed by atoms with Crippen LogP contribution in [0.25, 0.3) is 16.8 Å². The van der Waals surface area contributed by atoms with Gasteiger partial charge in [0.15, 0.2) is 5.75 Å². The highest BCUT2D eigenvalue weighted by Gasteiger charge is 2.25. The van der Waals surface area contributed by atoms with E-state index in [2.05, 4.69) is 6.07 Å². The average molecular weight is 318 g/mol. The van der Waals surface area contributed by atoms with Crippen LogP contribution in [0.15, 0.2) is 54.7 Å². The van der Waals surface area contributed by atoms with E-state index in [1.54, 1.807) is 12.1 Å². The number of ether oxygens (including phenoxy) is 1. The second-order valence-electron chi connectivity index (χ2n) is 6.68. The van der Waals surface area contributed by atoms with Crippen LogP contribution in [0.4, 0.5) is 0 Å². The number of aromatic nitrogens is 1. The van der Waals surface area contributed by atoms with Gasteiger partial charge >= 0.3 is 5.97 Å². The Bertz CT molecular complexity index is 938. The molecule has 120 valence electrons. The normalized spacial score (nSPS) is 11.2. The van der Waals surface area contributed by atoms with E-state index in [4.69, 9.17) is 10.00 Å². The maximum Gasteiger partial charge on any atom is 0.316 e. The molecule has 0 fully saturated rings. The van der Waals surface area contributed by atoms with Gasteiger partial charge in [0.2, 0.25) is 0 Å². The van der Waals surface area contributed by atoms with Crippen molar-refractivity contribution in [3.05, 3.63) is 60.3 Å². The summed E-state index contributed by atoms with van der Waals surface area (Å²) >= 11 is 0. The molecule has 0 aliphatic carbocycles. The Morgan fingerprint density at radius 1 is 1.12 bits per heavy atom. The first-order valence-electron chi connectivity index (χ1n) is 7.73. The lowest BCUT2D eigenvalue weighted by Crippen LogP contribution is -2.25. The highest BCUT2D eigenvalue weighted by molar-refractivity contribution is 5.83. The summed E-state index contributed by atoms with van der Waals surface area (Å²) in [5.41, 5.74) is 2.73. The topological polar surface area (TPSA) is 54.5 Å². The maximum atomic E-state index is 12.2. The number of nitriles is 1. The lowest BCUT2D eigenvalue weighted by molar-refractivity contribution is -0.142. The molecule has 4 heteroatoms. The van der Waals surface area contributed by atoms with Gasteiger partial charge in [-0.05, 0) is 50.6 Å². The molecule has 3 aromatic rings. The van der Waals surface area contributed by atoms with Crippen molar-refractivity contribution in [3.63, 3.8) is 0 Å². The number of pyridine rings is 1. The largest absolute Gasteiger partial charge is 0.424 e. The molecule has 0 radical (unpaired) electrons. The molecule has 3 rings (SSSR count).